The van der Waals surface area contributed by atoms with Crippen LogP contribution in [-0.4, -0.2) is 53.3 Å². The zero-order valence-corrected chi connectivity index (χ0v) is 11.1. The van der Waals surface area contributed by atoms with Crippen molar-refractivity contribution in [2.45, 2.75) is 38.6 Å². The highest BCUT2D eigenvalue weighted by atomic mass is 16.2. The fraction of sp³-hybridized carbons (Fsp3) is 0.769. The molecule has 2 heterocycles. The lowest BCUT2D eigenvalue weighted by Gasteiger charge is -2.34. The van der Waals surface area contributed by atoms with Gasteiger partial charge in [0.15, 0.2) is 0 Å². The average Bonchev–Trinajstić information content (AvgIpc) is 3.07. The van der Waals surface area contributed by atoms with Crippen molar-refractivity contribution in [3.8, 4) is 0 Å². The molecule has 1 atom stereocenters. The summed E-state index contributed by atoms with van der Waals surface area (Å²) in [4.78, 5) is 39.5. The summed E-state index contributed by atoms with van der Waals surface area (Å²) in [6.45, 7) is 4.45. The number of urea groups is 1. The van der Waals surface area contributed by atoms with E-state index in [4.69, 9.17) is 0 Å². The quantitative estimate of drug-likeness (QED) is 0.747. The smallest absolute Gasteiger partial charge is 0.299 e. The second kappa shape index (κ2) is 4.30. The minimum absolute atomic E-state index is 0.240. The van der Waals surface area contributed by atoms with Crippen LogP contribution in [0.2, 0.25) is 0 Å². The van der Waals surface area contributed by atoms with Crippen LogP contribution >= 0.6 is 0 Å². The standard InChI is InChI=1S/C13H19N3O3/c1-2-15-7-3-4-9(15)8-16-11(18)13(5-6-13)10(17)14-12(16)19/h9H,2-8H2,1H3,(H,14,17,19). The Balaban J connectivity index is 1.75. The van der Waals surface area contributed by atoms with Crippen molar-refractivity contribution in [2.75, 3.05) is 19.6 Å². The van der Waals surface area contributed by atoms with Crippen LogP contribution in [0.4, 0.5) is 4.79 Å². The van der Waals surface area contributed by atoms with Gasteiger partial charge in [-0.3, -0.25) is 24.7 Å². The van der Waals surface area contributed by atoms with Gasteiger partial charge >= 0.3 is 6.03 Å². The Bertz CT molecular complexity index is 444. The molecular weight excluding hydrogens is 246 g/mol. The second-order valence-corrected chi connectivity index (χ2v) is 5.68. The highest BCUT2D eigenvalue weighted by Crippen LogP contribution is 2.49. The molecule has 0 bridgehead atoms. The highest BCUT2D eigenvalue weighted by Gasteiger charge is 2.62. The van der Waals surface area contributed by atoms with E-state index in [-0.39, 0.29) is 11.9 Å². The Labute approximate surface area is 112 Å². The van der Waals surface area contributed by atoms with Gasteiger partial charge in [0.05, 0.1) is 0 Å². The van der Waals surface area contributed by atoms with E-state index >= 15 is 0 Å². The SMILES string of the molecule is CCN1CCCC1CN1C(=O)NC(=O)C2(CC2)C1=O. The molecule has 1 unspecified atom stereocenters. The number of likely N-dealkylation sites (N-methyl/N-ethyl adjacent to an activating group) is 1. The molecule has 2 saturated heterocycles. The number of nitrogens with one attached hydrogen (secondary N) is 1. The van der Waals surface area contributed by atoms with Gasteiger partial charge in [0.2, 0.25) is 11.8 Å². The van der Waals surface area contributed by atoms with Gasteiger partial charge in [-0.05, 0) is 38.8 Å². The molecular formula is C13H19N3O3. The molecule has 1 aliphatic carbocycles. The lowest BCUT2D eigenvalue weighted by Crippen LogP contribution is -2.61. The van der Waals surface area contributed by atoms with Crippen molar-refractivity contribution in [3.05, 3.63) is 0 Å². The Hall–Kier alpha value is -1.43. The molecule has 3 aliphatic rings. The number of likely N-dealkylation sites (tertiary alicyclic amines) is 1. The number of hydrogen-bond donors (Lipinski definition) is 1. The van der Waals surface area contributed by atoms with Crippen LogP contribution in [0.15, 0.2) is 0 Å². The summed E-state index contributed by atoms with van der Waals surface area (Å²) < 4.78 is 0. The molecule has 19 heavy (non-hydrogen) atoms. The summed E-state index contributed by atoms with van der Waals surface area (Å²) in [7, 11) is 0. The summed E-state index contributed by atoms with van der Waals surface area (Å²) in [5.74, 6) is -0.693. The van der Waals surface area contributed by atoms with E-state index in [2.05, 4.69) is 17.1 Å². The topological polar surface area (TPSA) is 69.7 Å². The van der Waals surface area contributed by atoms with Crippen molar-refractivity contribution >= 4 is 17.8 Å². The van der Waals surface area contributed by atoms with Crippen molar-refractivity contribution in [1.82, 2.24) is 15.1 Å². The summed E-state index contributed by atoms with van der Waals surface area (Å²) in [6.07, 6.45) is 3.26. The maximum Gasteiger partial charge on any atom is 0.330 e. The number of carbonyl (C=O) groups is 3. The minimum Gasteiger partial charge on any atom is -0.299 e. The maximum absolute atomic E-state index is 12.3. The van der Waals surface area contributed by atoms with Crippen molar-refractivity contribution in [1.29, 1.82) is 0 Å². The van der Waals surface area contributed by atoms with E-state index < -0.39 is 17.4 Å². The number of barbiturate groups is 1. The van der Waals surface area contributed by atoms with Crippen molar-refractivity contribution < 1.29 is 14.4 Å². The predicted octanol–water partition coefficient (Wildman–Crippen LogP) is 0.329. The Morgan fingerprint density at radius 3 is 2.68 bits per heavy atom. The van der Waals surface area contributed by atoms with E-state index in [0.717, 1.165) is 25.9 Å². The molecule has 6 heteroatoms. The molecule has 0 aromatic carbocycles. The summed E-state index contributed by atoms with van der Waals surface area (Å²) in [5, 5.41) is 2.33. The lowest BCUT2D eigenvalue weighted by atomic mass is 10.0. The number of amides is 4. The van der Waals surface area contributed by atoms with Crippen LogP contribution in [0.25, 0.3) is 0 Å². The van der Waals surface area contributed by atoms with E-state index in [0.29, 0.717) is 19.4 Å². The average molecular weight is 265 g/mol. The van der Waals surface area contributed by atoms with Gasteiger partial charge in [0.1, 0.15) is 5.41 Å². The van der Waals surface area contributed by atoms with Crippen molar-refractivity contribution in [2.24, 2.45) is 5.41 Å². The molecule has 1 N–H and O–H groups in total. The zero-order chi connectivity index (χ0) is 13.6. The highest BCUT2D eigenvalue weighted by molar-refractivity contribution is 6.20. The first-order valence-electron chi connectivity index (χ1n) is 7.00. The van der Waals surface area contributed by atoms with Crippen LogP contribution in [0.1, 0.15) is 32.6 Å². The second-order valence-electron chi connectivity index (χ2n) is 5.68. The largest absolute Gasteiger partial charge is 0.330 e. The molecule has 104 valence electrons. The van der Waals surface area contributed by atoms with Gasteiger partial charge in [-0.2, -0.15) is 0 Å². The number of rotatable bonds is 3. The summed E-state index contributed by atoms with van der Waals surface area (Å²) in [5.41, 5.74) is -0.913. The van der Waals surface area contributed by atoms with Crippen LogP contribution in [0.5, 0.6) is 0 Å². The molecule has 1 saturated carbocycles. The first-order valence-corrected chi connectivity index (χ1v) is 7.00. The number of carbonyl (C=O) groups excluding carboxylic acids is 3. The fourth-order valence-corrected chi connectivity index (χ4v) is 3.19. The Kier molecular flexibility index (Phi) is 2.85. The lowest BCUT2D eigenvalue weighted by molar-refractivity contribution is -0.145. The van der Waals surface area contributed by atoms with Gasteiger partial charge in [-0.1, -0.05) is 6.92 Å². The maximum atomic E-state index is 12.3. The van der Waals surface area contributed by atoms with Gasteiger partial charge < -0.3 is 0 Å². The van der Waals surface area contributed by atoms with Crippen LogP contribution in [-0.2, 0) is 9.59 Å². The third-order valence-electron chi connectivity index (χ3n) is 4.60. The van der Waals surface area contributed by atoms with Gasteiger partial charge in [0.25, 0.3) is 0 Å². The van der Waals surface area contributed by atoms with E-state index in [1.165, 1.54) is 4.90 Å². The third-order valence-corrected chi connectivity index (χ3v) is 4.60. The van der Waals surface area contributed by atoms with Crippen LogP contribution in [0.3, 0.4) is 0 Å². The Morgan fingerprint density at radius 2 is 2.05 bits per heavy atom. The summed E-state index contributed by atoms with van der Waals surface area (Å²) >= 11 is 0. The molecule has 0 aromatic heterocycles. The van der Waals surface area contributed by atoms with E-state index in [1.54, 1.807) is 0 Å². The van der Waals surface area contributed by atoms with E-state index in [1.807, 2.05) is 0 Å². The molecule has 3 rings (SSSR count). The fourth-order valence-electron chi connectivity index (χ4n) is 3.19. The number of nitrogens with zero attached hydrogens (tertiary/aromatic N) is 2. The molecule has 4 amide bonds. The third kappa shape index (κ3) is 1.85. The van der Waals surface area contributed by atoms with Gasteiger partial charge in [-0.15, -0.1) is 0 Å². The molecule has 1 spiro atoms. The normalized spacial score (nSPS) is 30.1. The summed E-state index contributed by atoms with van der Waals surface area (Å²) in [6, 6.07) is -0.306. The first kappa shape index (κ1) is 12.6. The zero-order valence-electron chi connectivity index (χ0n) is 11.1. The van der Waals surface area contributed by atoms with Crippen LogP contribution in [0, 0.1) is 5.41 Å². The molecule has 3 fully saturated rings. The number of hydrogen-bond acceptors (Lipinski definition) is 4. The first-order chi connectivity index (χ1) is 9.08. The minimum atomic E-state index is -0.913. The van der Waals surface area contributed by atoms with Crippen molar-refractivity contribution in [3.63, 3.8) is 0 Å². The number of imide groups is 2. The molecule has 6 nitrogen and oxygen atoms in total. The van der Waals surface area contributed by atoms with Gasteiger partial charge in [0, 0.05) is 12.6 Å². The molecule has 0 aromatic rings. The van der Waals surface area contributed by atoms with Crippen LogP contribution < -0.4 is 5.32 Å². The van der Waals surface area contributed by atoms with Gasteiger partial charge in [-0.25, -0.2) is 4.79 Å². The molecule has 0 radical (unpaired) electrons. The predicted molar refractivity (Wildman–Crippen MR) is 67.2 cm³/mol. The van der Waals surface area contributed by atoms with E-state index in [9.17, 15) is 14.4 Å². The Morgan fingerprint density at radius 1 is 1.32 bits per heavy atom. The molecule has 2 aliphatic heterocycles. The monoisotopic (exact) mass is 265 g/mol.